The van der Waals surface area contributed by atoms with Crippen LogP contribution >= 0.6 is 12.2 Å². The lowest BCUT2D eigenvalue weighted by Crippen LogP contribution is -2.31. The molecule has 1 aromatic heterocycles. The number of anilines is 1. The zero-order chi connectivity index (χ0) is 13.8. The zero-order valence-corrected chi connectivity index (χ0v) is 12.2. The standard InChI is InChI=1S/C14H18N4S/c1-10(13-9-15-18(3)11(13)2)16-14(19)17-12-7-5-4-6-8-12/h4-10H,1-3H3,(H2,16,17,19). The molecule has 1 heterocycles. The number of para-hydroxylation sites is 1. The van der Waals surface area contributed by atoms with Gasteiger partial charge in [-0.3, -0.25) is 4.68 Å². The largest absolute Gasteiger partial charge is 0.356 e. The van der Waals surface area contributed by atoms with Crippen molar-refractivity contribution < 1.29 is 0 Å². The average Bonchev–Trinajstić information content (AvgIpc) is 2.71. The molecule has 5 heteroatoms. The summed E-state index contributed by atoms with van der Waals surface area (Å²) in [7, 11) is 1.94. The third-order valence-corrected chi connectivity index (χ3v) is 3.34. The van der Waals surface area contributed by atoms with Gasteiger partial charge in [0.05, 0.1) is 12.2 Å². The summed E-state index contributed by atoms with van der Waals surface area (Å²) in [6.45, 7) is 4.12. The van der Waals surface area contributed by atoms with Crippen LogP contribution in [0.1, 0.15) is 24.2 Å². The highest BCUT2D eigenvalue weighted by Crippen LogP contribution is 2.16. The monoisotopic (exact) mass is 274 g/mol. The van der Waals surface area contributed by atoms with E-state index < -0.39 is 0 Å². The summed E-state index contributed by atoms with van der Waals surface area (Å²) < 4.78 is 1.86. The first-order valence-corrected chi connectivity index (χ1v) is 6.60. The van der Waals surface area contributed by atoms with Crippen LogP contribution in [0.15, 0.2) is 36.5 Å². The number of nitrogens with zero attached hydrogens (tertiary/aromatic N) is 2. The Hall–Kier alpha value is -1.88. The van der Waals surface area contributed by atoms with Gasteiger partial charge in [0.2, 0.25) is 0 Å². The molecule has 4 nitrogen and oxygen atoms in total. The second kappa shape index (κ2) is 5.84. The van der Waals surface area contributed by atoms with Crippen LogP contribution in [0.2, 0.25) is 0 Å². The predicted molar refractivity (Wildman–Crippen MR) is 82.2 cm³/mol. The van der Waals surface area contributed by atoms with Crippen LogP contribution in [0.3, 0.4) is 0 Å². The van der Waals surface area contributed by atoms with Gasteiger partial charge in [-0.05, 0) is 38.2 Å². The first-order chi connectivity index (χ1) is 9.08. The highest BCUT2D eigenvalue weighted by molar-refractivity contribution is 7.80. The van der Waals surface area contributed by atoms with Crippen LogP contribution < -0.4 is 10.6 Å². The molecule has 2 aromatic rings. The summed E-state index contributed by atoms with van der Waals surface area (Å²) in [5.41, 5.74) is 3.28. The van der Waals surface area contributed by atoms with E-state index in [1.807, 2.05) is 55.2 Å². The van der Waals surface area contributed by atoms with E-state index in [0.717, 1.165) is 16.9 Å². The Morgan fingerprint density at radius 1 is 1.32 bits per heavy atom. The molecule has 2 N–H and O–H groups in total. The maximum atomic E-state index is 5.31. The van der Waals surface area contributed by atoms with Gasteiger partial charge in [-0.15, -0.1) is 0 Å². The third-order valence-electron chi connectivity index (χ3n) is 3.12. The van der Waals surface area contributed by atoms with E-state index in [2.05, 4.69) is 22.7 Å². The van der Waals surface area contributed by atoms with E-state index in [0.29, 0.717) is 5.11 Å². The van der Waals surface area contributed by atoms with Gasteiger partial charge >= 0.3 is 0 Å². The number of benzene rings is 1. The quantitative estimate of drug-likeness (QED) is 0.845. The van der Waals surface area contributed by atoms with Gasteiger partial charge in [0.1, 0.15) is 0 Å². The van der Waals surface area contributed by atoms with E-state index in [4.69, 9.17) is 12.2 Å². The highest BCUT2D eigenvalue weighted by Gasteiger charge is 2.12. The highest BCUT2D eigenvalue weighted by atomic mass is 32.1. The van der Waals surface area contributed by atoms with Crippen LogP contribution in [-0.2, 0) is 7.05 Å². The summed E-state index contributed by atoms with van der Waals surface area (Å²) in [6, 6.07) is 10.0. The van der Waals surface area contributed by atoms with Crippen molar-refractivity contribution in [2.45, 2.75) is 19.9 Å². The SMILES string of the molecule is Cc1c(C(C)NC(=S)Nc2ccccc2)cnn1C. The topological polar surface area (TPSA) is 41.9 Å². The number of hydrogen-bond donors (Lipinski definition) is 2. The Bertz CT molecular complexity index is 562. The molecule has 1 unspecified atom stereocenters. The van der Waals surface area contributed by atoms with Crippen LogP contribution in [0.5, 0.6) is 0 Å². The van der Waals surface area contributed by atoms with E-state index in [-0.39, 0.29) is 6.04 Å². The van der Waals surface area contributed by atoms with E-state index in [1.165, 1.54) is 0 Å². The second-order valence-electron chi connectivity index (χ2n) is 4.50. The molecular formula is C14H18N4S. The molecular weight excluding hydrogens is 256 g/mol. The Kier molecular flexibility index (Phi) is 4.16. The van der Waals surface area contributed by atoms with Crippen molar-refractivity contribution in [3.8, 4) is 0 Å². The second-order valence-corrected chi connectivity index (χ2v) is 4.90. The molecule has 2 rings (SSSR count). The third kappa shape index (κ3) is 3.32. The molecule has 1 atom stereocenters. The molecule has 0 spiro atoms. The number of aromatic nitrogens is 2. The van der Waals surface area contributed by atoms with Crippen molar-refractivity contribution in [3.05, 3.63) is 47.8 Å². The summed E-state index contributed by atoms with van der Waals surface area (Å²) >= 11 is 5.31. The van der Waals surface area contributed by atoms with Crippen molar-refractivity contribution in [1.82, 2.24) is 15.1 Å². The van der Waals surface area contributed by atoms with Crippen molar-refractivity contribution in [2.24, 2.45) is 7.05 Å². The van der Waals surface area contributed by atoms with Gasteiger partial charge in [0, 0.05) is 24.0 Å². The first kappa shape index (κ1) is 13.5. The maximum Gasteiger partial charge on any atom is 0.171 e. The first-order valence-electron chi connectivity index (χ1n) is 6.19. The van der Waals surface area contributed by atoms with E-state index >= 15 is 0 Å². The molecule has 0 bridgehead atoms. The minimum absolute atomic E-state index is 0.123. The average molecular weight is 274 g/mol. The molecule has 0 saturated heterocycles. The number of nitrogens with one attached hydrogen (secondary N) is 2. The fourth-order valence-corrected chi connectivity index (χ4v) is 2.20. The number of hydrogen-bond acceptors (Lipinski definition) is 2. The van der Waals surface area contributed by atoms with Gasteiger partial charge in [-0.1, -0.05) is 18.2 Å². The van der Waals surface area contributed by atoms with Gasteiger partial charge in [0.15, 0.2) is 5.11 Å². The number of aryl methyl sites for hydroxylation is 1. The Morgan fingerprint density at radius 3 is 2.58 bits per heavy atom. The van der Waals surface area contributed by atoms with Crippen LogP contribution in [0.4, 0.5) is 5.69 Å². The van der Waals surface area contributed by atoms with Crippen molar-refractivity contribution in [3.63, 3.8) is 0 Å². The molecule has 0 radical (unpaired) electrons. The zero-order valence-electron chi connectivity index (χ0n) is 11.3. The van der Waals surface area contributed by atoms with Crippen LogP contribution in [0, 0.1) is 6.92 Å². The Labute approximate surface area is 118 Å². The van der Waals surface area contributed by atoms with Crippen LogP contribution in [-0.4, -0.2) is 14.9 Å². The van der Waals surface area contributed by atoms with E-state index in [9.17, 15) is 0 Å². The molecule has 1 aromatic carbocycles. The molecule has 0 aliphatic heterocycles. The predicted octanol–water partition coefficient (Wildman–Crippen LogP) is 2.78. The molecule has 0 aliphatic carbocycles. The molecule has 0 fully saturated rings. The lowest BCUT2D eigenvalue weighted by Gasteiger charge is -2.17. The van der Waals surface area contributed by atoms with Gasteiger partial charge in [0.25, 0.3) is 0 Å². The van der Waals surface area contributed by atoms with Crippen molar-refractivity contribution >= 4 is 23.0 Å². The summed E-state index contributed by atoms with van der Waals surface area (Å²) in [5.74, 6) is 0. The minimum atomic E-state index is 0.123. The fourth-order valence-electron chi connectivity index (χ4n) is 1.90. The van der Waals surface area contributed by atoms with Crippen molar-refractivity contribution in [1.29, 1.82) is 0 Å². The summed E-state index contributed by atoms with van der Waals surface area (Å²) in [4.78, 5) is 0. The fraction of sp³-hybridized carbons (Fsp3) is 0.286. The lowest BCUT2D eigenvalue weighted by atomic mass is 10.1. The molecule has 19 heavy (non-hydrogen) atoms. The molecule has 0 saturated carbocycles. The molecule has 0 aliphatic rings. The maximum absolute atomic E-state index is 5.31. The van der Waals surface area contributed by atoms with Crippen LogP contribution in [0.25, 0.3) is 0 Å². The molecule has 0 amide bonds. The van der Waals surface area contributed by atoms with Gasteiger partial charge in [-0.25, -0.2) is 0 Å². The number of rotatable bonds is 3. The summed E-state index contributed by atoms with van der Waals surface area (Å²) in [6.07, 6.45) is 1.87. The van der Waals surface area contributed by atoms with Gasteiger partial charge < -0.3 is 10.6 Å². The lowest BCUT2D eigenvalue weighted by molar-refractivity contribution is 0.701. The van der Waals surface area contributed by atoms with E-state index in [1.54, 1.807) is 0 Å². The smallest absolute Gasteiger partial charge is 0.171 e. The van der Waals surface area contributed by atoms with Gasteiger partial charge in [-0.2, -0.15) is 5.10 Å². The number of thiocarbonyl (C=S) groups is 1. The van der Waals surface area contributed by atoms with Crippen molar-refractivity contribution in [2.75, 3.05) is 5.32 Å². The summed E-state index contributed by atoms with van der Waals surface area (Å²) in [5, 5.41) is 11.3. The normalized spacial score (nSPS) is 11.9. The molecule has 100 valence electrons. The Balaban J connectivity index is 1.97. The Morgan fingerprint density at radius 2 is 2.00 bits per heavy atom. The minimum Gasteiger partial charge on any atom is -0.356 e.